The molecule has 1 aromatic rings. The quantitative estimate of drug-likeness (QED) is 0.358. The summed E-state index contributed by atoms with van der Waals surface area (Å²) >= 11 is 0. The molecule has 4 atom stereocenters. The maximum atomic E-state index is 6.04. The van der Waals surface area contributed by atoms with Crippen molar-refractivity contribution in [2.75, 3.05) is 31.6 Å². The van der Waals surface area contributed by atoms with Gasteiger partial charge >= 0.3 is 0 Å². The van der Waals surface area contributed by atoms with Crippen LogP contribution in [0.3, 0.4) is 0 Å². The van der Waals surface area contributed by atoms with Gasteiger partial charge in [-0.1, -0.05) is 26.0 Å². The van der Waals surface area contributed by atoms with E-state index < -0.39 is 0 Å². The third-order valence-corrected chi connectivity index (χ3v) is 7.04. The summed E-state index contributed by atoms with van der Waals surface area (Å²) < 4.78 is 6.04. The van der Waals surface area contributed by atoms with E-state index in [1.54, 1.807) is 0 Å². The number of fused-ring (bicyclic) bond motifs is 1. The molecule has 1 saturated carbocycles. The molecule has 2 aliphatic heterocycles. The van der Waals surface area contributed by atoms with E-state index in [0.717, 1.165) is 12.6 Å². The Morgan fingerprint density at radius 3 is 2.72 bits per heavy atom. The number of hydrogen-bond donors (Lipinski definition) is 2. The van der Waals surface area contributed by atoms with Gasteiger partial charge in [0.15, 0.2) is 5.96 Å². The predicted octanol–water partition coefficient (Wildman–Crippen LogP) is 4.33. The van der Waals surface area contributed by atoms with Crippen molar-refractivity contribution in [2.45, 2.75) is 64.6 Å². The van der Waals surface area contributed by atoms with Gasteiger partial charge in [0.05, 0.1) is 12.1 Å². The lowest BCUT2D eigenvalue weighted by Gasteiger charge is -2.60. The standard InChI is InChI=1S/C23H36N4O.HI/c1-16(17-9-7-10-18(15-17)27-12-5-6-13-27)25-22(24-4)26-20-19-11-8-14-28-21(19)23(20,2)3;/h7,9-10,15-16,19-21H,5-6,8,11-14H2,1-4H3,(H2,24,25,26);1H. The van der Waals surface area contributed by atoms with Crippen LogP contribution in [0.1, 0.15) is 58.1 Å². The molecule has 0 amide bonds. The highest BCUT2D eigenvalue weighted by Crippen LogP contribution is 2.51. The van der Waals surface area contributed by atoms with Crippen LogP contribution < -0.4 is 15.5 Å². The second-order valence-electron chi connectivity index (χ2n) is 9.27. The number of ether oxygens (including phenoxy) is 1. The number of rotatable bonds is 4. The molecule has 2 heterocycles. The molecular formula is C23H37IN4O. The summed E-state index contributed by atoms with van der Waals surface area (Å²) in [6, 6.07) is 9.56. The van der Waals surface area contributed by atoms with E-state index in [1.165, 1.54) is 50.0 Å². The molecule has 3 fully saturated rings. The molecular weight excluding hydrogens is 475 g/mol. The molecule has 3 aliphatic rings. The van der Waals surface area contributed by atoms with Crippen molar-refractivity contribution in [3.8, 4) is 0 Å². The Balaban J connectivity index is 0.00000240. The van der Waals surface area contributed by atoms with E-state index >= 15 is 0 Å². The molecule has 4 unspecified atom stereocenters. The Morgan fingerprint density at radius 1 is 1.24 bits per heavy atom. The molecule has 0 spiro atoms. The maximum Gasteiger partial charge on any atom is 0.191 e. The van der Waals surface area contributed by atoms with Gasteiger partial charge in [-0.25, -0.2) is 0 Å². The topological polar surface area (TPSA) is 48.9 Å². The average molecular weight is 512 g/mol. The van der Waals surface area contributed by atoms with E-state index in [9.17, 15) is 0 Å². The smallest absolute Gasteiger partial charge is 0.191 e. The zero-order valence-electron chi connectivity index (χ0n) is 18.3. The van der Waals surface area contributed by atoms with Gasteiger partial charge in [-0.3, -0.25) is 4.99 Å². The van der Waals surface area contributed by atoms with Crippen molar-refractivity contribution in [3.63, 3.8) is 0 Å². The summed E-state index contributed by atoms with van der Waals surface area (Å²) in [5.74, 6) is 1.48. The normalized spacial score (nSPS) is 29.3. The summed E-state index contributed by atoms with van der Waals surface area (Å²) in [6.45, 7) is 10.1. The Hall–Kier alpha value is -1.02. The highest BCUT2D eigenvalue weighted by Gasteiger charge is 2.58. The Bertz CT molecular complexity index is 717. The fraction of sp³-hybridized carbons (Fsp3) is 0.696. The third-order valence-electron chi connectivity index (χ3n) is 7.04. The highest BCUT2D eigenvalue weighted by atomic mass is 127. The largest absolute Gasteiger partial charge is 0.377 e. The lowest BCUT2D eigenvalue weighted by atomic mass is 9.55. The fourth-order valence-electron chi connectivity index (χ4n) is 5.39. The first-order valence-corrected chi connectivity index (χ1v) is 11.0. The molecule has 4 rings (SSSR count). The maximum absolute atomic E-state index is 6.04. The van der Waals surface area contributed by atoms with Crippen LogP contribution in [0.2, 0.25) is 0 Å². The molecule has 0 bridgehead atoms. The predicted molar refractivity (Wildman–Crippen MR) is 131 cm³/mol. The number of guanidine groups is 1. The van der Waals surface area contributed by atoms with Crippen LogP contribution in [0.4, 0.5) is 5.69 Å². The third kappa shape index (κ3) is 4.53. The van der Waals surface area contributed by atoms with Crippen LogP contribution in [0.15, 0.2) is 29.3 Å². The summed E-state index contributed by atoms with van der Waals surface area (Å²) in [4.78, 5) is 7.01. The van der Waals surface area contributed by atoms with Crippen LogP contribution in [-0.4, -0.2) is 44.8 Å². The van der Waals surface area contributed by atoms with Crippen LogP contribution in [0.5, 0.6) is 0 Å². The van der Waals surface area contributed by atoms with Crippen molar-refractivity contribution in [1.29, 1.82) is 0 Å². The van der Waals surface area contributed by atoms with Gasteiger partial charge < -0.3 is 20.3 Å². The second kappa shape index (κ2) is 9.41. The Kier molecular flexibility index (Phi) is 7.36. The summed E-state index contributed by atoms with van der Waals surface area (Å²) in [6.07, 6.45) is 5.40. The molecule has 2 saturated heterocycles. The fourth-order valence-corrected chi connectivity index (χ4v) is 5.39. The van der Waals surface area contributed by atoms with E-state index in [0.29, 0.717) is 18.1 Å². The molecule has 6 heteroatoms. The zero-order valence-corrected chi connectivity index (χ0v) is 20.6. The summed E-state index contributed by atoms with van der Waals surface area (Å²) in [7, 11) is 1.86. The first-order chi connectivity index (χ1) is 13.5. The monoisotopic (exact) mass is 512 g/mol. The molecule has 5 nitrogen and oxygen atoms in total. The minimum Gasteiger partial charge on any atom is -0.377 e. The Morgan fingerprint density at radius 2 is 2.00 bits per heavy atom. The minimum absolute atomic E-state index is 0. The van der Waals surface area contributed by atoms with Crippen LogP contribution in [0, 0.1) is 11.3 Å². The first-order valence-electron chi connectivity index (χ1n) is 11.0. The van der Waals surface area contributed by atoms with Crippen molar-refractivity contribution in [2.24, 2.45) is 16.3 Å². The number of aliphatic imine (C=N–C) groups is 1. The van der Waals surface area contributed by atoms with Crippen molar-refractivity contribution >= 4 is 35.6 Å². The molecule has 162 valence electrons. The lowest BCUT2D eigenvalue weighted by Crippen LogP contribution is -2.71. The van der Waals surface area contributed by atoms with Crippen molar-refractivity contribution < 1.29 is 4.74 Å². The Labute approximate surface area is 193 Å². The number of hydrogen-bond acceptors (Lipinski definition) is 3. The number of benzene rings is 1. The van der Waals surface area contributed by atoms with Gasteiger partial charge in [-0.15, -0.1) is 24.0 Å². The molecule has 0 radical (unpaired) electrons. The molecule has 29 heavy (non-hydrogen) atoms. The molecule has 0 aromatic heterocycles. The van der Waals surface area contributed by atoms with Crippen molar-refractivity contribution in [3.05, 3.63) is 29.8 Å². The van der Waals surface area contributed by atoms with E-state index in [4.69, 9.17) is 4.74 Å². The number of nitrogens with zero attached hydrogens (tertiary/aromatic N) is 2. The highest BCUT2D eigenvalue weighted by molar-refractivity contribution is 14.0. The average Bonchev–Trinajstić information content (AvgIpc) is 3.26. The van der Waals surface area contributed by atoms with Crippen LogP contribution in [-0.2, 0) is 4.74 Å². The first kappa shape index (κ1) is 22.7. The SMILES string of the molecule is CN=C(NC(C)c1cccc(N2CCCC2)c1)NC1C2CCCOC2C1(C)C.I. The molecule has 1 aromatic carbocycles. The summed E-state index contributed by atoms with van der Waals surface area (Å²) in [5.41, 5.74) is 2.79. The lowest BCUT2D eigenvalue weighted by molar-refractivity contribution is -0.188. The van der Waals surface area contributed by atoms with Crippen LogP contribution in [0.25, 0.3) is 0 Å². The molecule has 1 aliphatic carbocycles. The minimum atomic E-state index is 0. The number of nitrogens with one attached hydrogen (secondary N) is 2. The zero-order chi connectivity index (χ0) is 19.7. The van der Waals surface area contributed by atoms with Gasteiger partial charge in [0, 0.05) is 49.8 Å². The van der Waals surface area contributed by atoms with Gasteiger partial charge in [0.1, 0.15) is 0 Å². The van der Waals surface area contributed by atoms with Crippen molar-refractivity contribution in [1.82, 2.24) is 10.6 Å². The van der Waals surface area contributed by atoms with Crippen LogP contribution >= 0.6 is 24.0 Å². The summed E-state index contributed by atoms with van der Waals surface area (Å²) in [5, 5.41) is 7.32. The van der Waals surface area contributed by atoms with Gasteiger partial charge in [0.25, 0.3) is 0 Å². The molecule has 2 N–H and O–H groups in total. The number of halogens is 1. The van der Waals surface area contributed by atoms with Gasteiger partial charge in [-0.05, 0) is 50.3 Å². The van der Waals surface area contributed by atoms with E-state index in [2.05, 4.69) is 65.6 Å². The van der Waals surface area contributed by atoms with E-state index in [1.807, 2.05) is 7.05 Å². The number of anilines is 1. The van der Waals surface area contributed by atoms with E-state index in [-0.39, 0.29) is 35.4 Å². The second-order valence-corrected chi connectivity index (χ2v) is 9.27. The van der Waals surface area contributed by atoms with Gasteiger partial charge in [-0.2, -0.15) is 0 Å². The van der Waals surface area contributed by atoms with Gasteiger partial charge in [0.2, 0.25) is 0 Å².